The Hall–Kier alpha value is -3.15. The van der Waals surface area contributed by atoms with Crippen molar-refractivity contribution < 1.29 is 9.59 Å². The second-order valence-electron chi connectivity index (χ2n) is 8.77. The van der Waals surface area contributed by atoms with Crippen LogP contribution in [-0.2, 0) is 17.6 Å². The molecule has 0 unspecified atom stereocenters. The number of fused-ring (bicyclic) bond motifs is 2. The van der Waals surface area contributed by atoms with Crippen LogP contribution in [0, 0.1) is 11.3 Å². The molecule has 0 spiro atoms. The van der Waals surface area contributed by atoms with Gasteiger partial charge in [-0.3, -0.25) is 14.5 Å². The van der Waals surface area contributed by atoms with Crippen molar-refractivity contribution in [2.24, 2.45) is 0 Å². The van der Waals surface area contributed by atoms with E-state index in [0.717, 1.165) is 42.1 Å². The molecule has 0 saturated carbocycles. The minimum Gasteiger partial charge on any atom is -0.351 e. The number of aromatic nitrogens is 1. The summed E-state index contributed by atoms with van der Waals surface area (Å²) < 4.78 is 0. The van der Waals surface area contributed by atoms with Crippen LogP contribution in [0.1, 0.15) is 45.8 Å². The molecule has 2 aromatic heterocycles. The fourth-order valence-electron chi connectivity index (χ4n) is 4.79. The molecule has 3 heterocycles. The number of nitrogens with one attached hydrogen (secondary N) is 2. The SMILES string of the molecule is N#Cc1c(NC(=O)CN2CCN(C(=O)c3cc4ccccc4[nH]3)CC2)sc2c1CCCCC2. The number of nitriles is 1. The maximum absolute atomic E-state index is 12.9. The Morgan fingerprint density at radius 1 is 1.09 bits per heavy atom. The first-order chi connectivity index (χ1) is 16.1. The van der Waals surface area contributed by atoms with Gasteiger partial charge in [-0.1, -0.05) is 24.6 Å². The Kier molecular flexibility index (Phi) is 6.16. The molecule has 2 N–H and O–H groups in total. The number of hydrogen-bond donors (Lipinski definition) is 2. The summed E-state index contributed by atoms with van der Waals surface area (Å²) in [5.74, 6) is -0.104. The Bertz CT molecular complexity index is 1200. The first-order valence-electron chi connectivity index (χ1n) is 11.6. The van der Waals surface area contributed by atoms with Crippen molar-refractivity contribution in [1.29, 1.82) is 5.26 Å². The Morgan fingerprint density at radius 3 is 2.67 bits per heavy atom. The molecular weight excluding hydrogens is 434 g/mol. The number of carbonyl (C=O) groups excluding carboxylic acids is 2. The number of thiophene rings is 1. The van der Waals surface area contributed by atoms with Crippen LogP contribution in [0.4, 0.5) is 5.00 Å². The molecule has 1 saturated heterocycles. The summed E-state index contributed by atoms with van der Waals surface area (Å²) in [4.78, 5) is 34.0. The molecule has 0 atom stereocenters. The lowest BCUT2D eigenvalue weighted by Crippen LogP contribution is -2.50. The molecule has 0 radical (unpaired) electrons. The van der Waals surface area contributed by atoms with Gasteiger partial charge < -0.3 is 15.2 Å². The highest BCUT2D eigenvalue weighted by molar-refractivity contribution is 7.16. The number of aromatic amines is 1. The largest absolute Gasteiger partial charge is 0.351 e. The fourth-order valence-corrected chi connectivity index (χ4v) is 6.04. The van der Waals surface area contributed by atoms with E-state index in [2.05, 4.69) is 21.3 Å². The highest BCUT2D eigenvalue weighted by Gasteiger charge is 2.25. The van der Waals surface area contributed by atoms with Crippen molar-refractivity contribution in [1.82, 2.24) is 14.8 Å². The van der Waals surface area contributed by atoms with Crippen molar-refractivity contribution in [2.45, 2.75) is 32.1 Å². The molecule has 0 bridgehead atoms. The maximum Gasteiger partial charge on any atom is 0.270 e. The van der Waals surface area contributed by atoms with E-state index in [-0.39, 0.29) is 18.4 Å². The zero-order valence-corrected chi connectivity index (χ0v) is 19.3. The van der Waals surface area contributed by atoms with Crippen LogP contribution in [0.15, 0.2) is 30.3 Å². The van der Waals surface area contributed by atoms with Crippen molar-refractivity contribution >= 4 is 39.1 Å². The summed E-state index contributed by atoms with van der Waals surface area (Å²) in [5, 5.41) is 14.4. The molecule has 8 heteroatoms. The molecule has 1 aliphatic carbocycles. The summed E-state index contributed by atoms with van der Waals surface area (Å²) in [6.45, 7) is 2.72. The van der Waals surface area contributed by atoms with Gasteiger partial charge in [0.2, 0.25) is 5.91 Å². The van der Waals surface area contributed by atoms with Crippen molar-refractivity contribution in [2.75, 3.05) is 38.0 Å². The number of piperazine rings is 1. The van der Waals surface area contributed by atoms with E-state index < -0.39 is 0 Å². The fraction of sp³-hybridized carbons (Fsp3) is 0.400. The normalized spacial score (nSPS) is 16.8. The van der Waals surface area contributed by atoms with Gasteiger partial charge in [0.25, 0.3) is 5.91 Å². The van der Waals surface area contributed by atoms with E-state index in [4.69, 9.17) is 0 Å². The Labute approximate surface area is 197 Å². The topological polar surface area (TPSA) is 92.2 Å². The zero-order chi connectivity index (χ0) is 22.8. The van der Waals surface area contributed by atoms with Crippen LogP contribution in [0.25, 0.3) is 10.9 Å². The predicted molar refractivity (Wildman–Crippen MR) is 130 cm³/mol. The quantitative estimate of drug-likeness (QED) is 0.579. The molecule has 2 aliphatic rings. The summed E-state index contributed by atoms with van der Waals surface area (Å²) in [7, 11) is 0. The van der Waals surface area contributed by atoms with Crippen LogP contribution in [-0.4, -0.2) is 59.3 Å². The van der Waals surface area contributed by atoms with E-state index >= 15 is 0 Å². The van der Waals surface area contributed by atoms with Gasteiger partial charge in [-0.15, -0.1) is 11.3 Å². The van der Waals surface area contributed by atoms with Crippen molar-refractivity contribution in [3.63, 3.8) is 0 Å². The van der Waals surface area contributed by atoms with Gasteiger partial charge in [0.15, 0.2) is 0 Å². The van der Waals surface area contributed by atoms with E-state index in [1.807, 2.05) is 35.2 Å². The van der Waals surface area contributed by atoms with Gasteiger partial charge in [-0.25, -0.2) is 0 Å². The molecule has 1 aliphatic heterocycles. The minimum atomic E-state index is -0.0988. The molecule has 33 heavy (non-hydrogen) atoms. The number of hydrogen-bond acceptors (Lipinski definition) is 5. The third-order valence-electron chi connectivity index (χ3n) is 6.57. The molecular formula is C25H27N5O2S. The monoisotopic (exact) mass is 461 g/mol. The average Bonchev–Trinajstić information content (AvgIpc) is 3.32. The van der Waals surface area contributed by atoms with E-state index in [1.165, 1.54) is 11.3 Å². The number of carbonyl (C=O) groups is 2. The summed E-state index contributed by atoms with van der Waals surface area (Å²) in [5.41, 5.74) is 3.35. The Morgan fingerprint density at radius 2 is 1.88 bits per heavy atom. The van der Waals surface area contributed by atoms with Gasteiger partial charge >= 0.3 is 0 Å². The van der Waals surface area contributed by atoms with Crippen molar-refractivity contribution in [3.8, 4) is 6.07 Å². The van der Waals surface area contributed by atoms with Crippen molar-refractivity contribution in [3.05, 3.63) is 52.0 Å². The average molecular weight is 462 g/mol. The lowest BCUT2D eigenvalue weighted by atomic mass is 10.1. The third kappa shape index (κ3) is 4.52. The highest BCUT2D eigenvalue weighted by Crippen LogP contribution is 2.37. The number of H-pyrrole nitrogens is 1. The van der Waals surface area contributed by atoms with Gasteiger partial charge in [0, 0.05) is 42.0 Å². The smallest absolute Gasteiger partial charge is 0.270 e. The van der Waals surface area contributed by atoms with Crippen LogP contribution in [0.3, 0.4) is 0 Å². The standard InChI is InChI=1S/C25H27N5O2S/c26-15-19-18-7-2-1-3-9-22(18)33-24(19)28-23(31)16-29-10-12-30(13-11-29)25(32)21-14-17-6-4-5-8-20(17)27-21/h4-6,8,14,27H,1-3,7,9-13,16H2,(H,28,31). The van der Waals surface area contributed by atoms with Crippen LogP contribution < -0.4 is 5.32 Å². The lowest BCUT2D eigenvalue weighted by molar-refractivity contribution is -0.117. The number of benzene rings is 1. The van der Waals surface area contributed by atoms with Crippen LogP contribution >= 0.6 is 11.3 Å². The molecule has 170 valence electrons. The van der Waals surface area contributed by atoms with E-state index in [1.54, 1.807) is 11.3 Å². The third-order valence-corrected chi connectivity index (χ3v) is 7.78. The molecule has 3 aromatic rings. The van der Waals surface area contributed by atoms with E-state index in [0.29, 0.717) is 42.4 Å². The highest BCUT2D eigenvalue weighted by atomic mass is 32.1. The number of amides is 2. The summed E-state index contributed by atoms with van der Waals surface area (Å²) in [6.07, 6.45) is 5.37. The molecule has 1 fully saturated rings. The molecule has 5 rings (SSSR count). The van der Waals surface area contributed by atoms with Gasteiger partial charge in [-0.2, -0.15) is 5.26 Å². The van der Waals surface area contributed by atoms with Gasteiger partial charge in [0.1, 0.15) is 16.8 Å². The Balaban J connectivity index is 1.16. The van der Waals surface area contributed by atoms with Gasteiger partial charge in [0.05, 0.1) is 12.1 Å². The van der Waals surface area contributed by atoms with Crippen LogP contribution in [0.5, 0.6) is 0 Å². The first-order valence-corrected chi connectivity index (χ1v) is 12.4. The number of rotatable bonds is 4. The molecule has 2 amide bonds. The predicted octanol–water partition coefficient (Wildman–Crippen LogP) is 3.77. The maximum atomic E-state index is 12.9. The second kappa shape index (κ2) is 9.38. The number of nitrogens with zero attached hydrogens (tertiary/aromatic N) is 3. The van der Waals surface area contributed by atoms with Crippen LogP contribution in [0.2, 0.25) is 0 Å². The molecule has 1 aromatic carbocycles. The number of anilines is 1. The number of aryl methyl sites for hydroxylation is 1. The molecule has 7 nitrogen and oxygen atoms in total. The summed E-state index contributed by atoms with van der Waals surface area (Å²) in [6, 6.07) is 12.1. The van der Waals surface area contributed by atoms with E-state index in [9.17, 15) is 14.9 Å². The minimum absolute atomic E-state index is 0.00551. The van der Waals surface area contributed by atoms with Gasteiger partial charge in [-0.05, 0) is 43.4 Å². The second-order valence-corrected chi connectivity index (χ2v) is 9.87. The first kappa shape index (κ1) is 21.7. The lowest BCUT2D eigenvalue weighted by Gasteiger charge is -2.34. The number of para-hydroxylation sites is 1. The zero-order valence-electron chi connectivity index (χ0n) is 18.5. The summed E-state index contributed by atoms with van der Waals surface area (Å²) >= 11 is 1.56.